The third-order valence-electron chi connectivity index (χ3n) is 9.97. The van der Waals surface area contributed by atoms with E-state index in [0.717, 1.165) is 39.0 Å². The van der Waals surface area contributed by atoms with Gasteiger partial charge in [-0.3, -0.25) is 4.40 Å². The molecule has 0 saturated carbocycles. The summed E-state index contributed by atoms with van der Waals surface area (Å²) in [5.41, 5.74) is 11.4. The van der Waals surface area contributed by atoms with Gasteiger partial charge in [0, 0.05) is 49.1 Å². The number of benzene rings is 7. The van der Waals surface area contributed by atoms with E-state index in [1.807, 2.05) is 0 Å². The van der Waals surface area contributed by atoms with Crippen LogP contribution in [0, 0.1) is 0 Å². The Balaban J connectivity index is 1.44. The summed E-state index contributed by atoms with van der Waals surface area (Å²) < 4.78 is 7.20. The third kappa shape index (κ3) is 3.23. The van der Waals surface area contributed by atoms with Crippen molar-refractivity contribution in [3.8, 4) is 11.4 Å². The van der Waals surface area contributed by atoms with Crippen LogP contribution >= 0.6 is 0 Å². The molecule has 11 aromatic rings. The lowest BCUT2D eigenvalue weighted by atomic mass is 9.98. The van der Waals surface area contributed by atoms with E-state index in [-0.39, 0.29) is 0 Å². The van der Waals surface area contributed by atoms with Gasteiger partial charge in [0.05, 0.1) is 38.6 Å². The fourth-order valence-corrected chi connectivity index (χ4v) is 8.08. The van der Waals surface area contributed by atoms with Crippen LogP contribution in [0.2, 0.25) is 0 Å². The lowest BCUT2D eigenvalue weighted by molar-refractivity contribution is 1.18. The number of hydrogen-bond acceptors (Lipinski definition) is 1. The number of para-hydroxylation sites is 6. The second kappa shape index (κ2) is 9.09. The van der Waals surface area contributed by atoms with Crippen LogP contribution in [-0.2, 0) is 0 Å². The van der Waals surface area contributed by atoms with E-state index in [9.17, 15) is 0 Å². The van der Waals surface area contributed by atoms with Crippen molar-refractivity contribution in [2.45, 2.75) is 0 Å². The Morgan fingerprint density at radius 2 is 0.915 bits per heavy atom. The predicted octanol–water partition coefficient (Wildman–Crippen LogP) is 11.0. The molecule has 218 valence electrons. The quantitative estimate of drug-likeness (QED) is 0.182. The number of aromatic nitrogens is 4. The molecular weight excluding hydrogens is 573 g/mol. The molecule has 0 aliphatic rings. The molecule has 0 amide bonds. The van der Waals surface area contributed by atoms with E-state index in [0.29, 0.717) is 0 Å². The molecule has 0 fully saturated rings. The van der Waals surface area contributed by atoms with E-state index in [2.05, 4.69) is 171 Å². The minimum atomic E-state index is 0.985. The molecule has 0 saturated heterocycles. The molecule has 0 aliphatic carbocycles. The average molecular weight is 599 g/mol. The Morgan fingerprint density at radius 1 is 0.340 bits per heavy atom. The average Bonchev–Trinajstić information content (AvgIpc) is 3.79. The summed E-state index contributed by atoms with van der Waals surface area (Å²) in [6.45, 7) is 0. The summed E-state index contributed by atoms with van der Waals surface area (Å²) >= 11 is 0. The van der Waals surface area contributed by atoms with Gasteiger partial charge in [-0.1, -0.05) is 84.9 Å². The maximum absolute atomic E-state index is 5.29. The Morgan fingerprint density at radius 3 is 1.66 bits per heavy atom. The van der Waals surface area contributed by atoms with Crippen LogP contribution in [0.15, 0.2) is 158 Å². The van der Waals surface area contributed by atoms with Gasteiger partial charge in [0.2, 0.25) is 0 Å². The highest BCUT2D eigenvalue weighted by atomic mass is 15.0. The monoisotopic (exact) mass is 598 g/mol. The van der Waals surface area contributed by atoms with E-state index < -0.39 is 0 Å². The maximum Gasteiger partial charge on any atom is 0.146 e. The number of imidazole rings is 1. The molecule has 0 aliphatic heterocycles. The first kappa shape index (κ1) is 24.9. The first-order chi connectivity index (χ1) is 23.3. The van der Waals surface area contributed by atoms with Gasteiger partial charge in [-0.25, -0.2) is 4.98 Å². The third-order valence-corrected chi connectivity index (χ3v) is 9.97. The smallest absolute Gasteiger partial charge is 0.146 e. The van der Waals surface area contributed by atoms with E-state index in [1.54, 1.807) is 0 Å². The van der Waals surface area contributed by atoms with Crippen LogP contribution in [0.5, 0.6) is 0 Å². The Kier molecular flexibility index (Phi) is 4.81. The van der Waals surface area contributed by atoms with Crippen molar-refractivity contribution in [3.05, 3.63) is 158 Å². The second-order valence-corrected chi connectivity index (χ2v) is 12.4. The van der Waals surface area contributed by atoms with Crippen LogP contribution in [0.4, 0.5) is 0 Å². The van der Waals surface area contributed by atoms with Gasteiger partial charge in [0.25, 0.3) is 0 Å². The van der Waals surface area contributed by atoms with Crippen LogP contribution in [0.25, 0.3) is 93.3 Å². The number of rotatable bonds is 2. The van der Waals surface area contributed by atoms with Crippen molar-refractivity contribution in [3.63, 3.8) is 0 Å². The summed E-state index contributed by atoms with van der Waals surface area (Å²) in [6, 6.07) is 56.9. The molecule has 0 atom stereocenters. The molecule has 4 aromatic heterocycles. The summed E-state index contributed by atoms with van der Waals surface area (Å²) in [5, 5.41) is 8.56. The van der Waals surface area contributed by atoms with E-state index in [4.69, 9.17) is 4.98 Å². The molecule has 0 bridgehead atoms. The van der Waals surface area contributed by atoms with Gasteiger partial charge >= 0.3 is 0 Å². The van der Waals surface area contributed by atoms with Gasteiger partial charge in [-0.05, 0) is 72.8 Å². The molecule has 47 heavy (non-hydrogen) atoms. The SMILES string of the molecule is c1ccc(-n2c3ccccc3c3cc4c(cc32)c2c(ccc3c2c2ccccc2n3-c2ccccc2)c2nc3ccccc3n42)cc1. The van der Waals surface area contributed by atoms with Gasteiger partial charge in [-0.2, -0.15) is 0 Å². The summed E-state index contributed by atoms with van der Waals surface area (Å²) in [5.74, 6) is 0. The zero-order valence-electron chi connectivity index (χ0n) is 25.3. The van der Waals surface area contributed by atoms with Crippen molar-refractivity contribution in [1.29, 1.82) is 0 Å². The van der Waals surface area contributed by atoms with Crippen molar-refractivity contribution in [1.82, 2.24) is 18.5 Å². The molecule has 0 spiro atoms. The summed E-state index contributed by atoms with van der Waals surface area (Å²) in [4.78, 5) is 5.29. The van der Waals surface area contributed by atoms with Gasteiger partial charge < -0.3 is 9.13 Å². The zero-order valence-corrected chi connectivity index (χ0v) is 25.3. The van der Waals surface area contributed by atoms with E-state index in [1.165, 1.54) is 54.4 Å². The van der Waals surface area contributed by atoms with E-state index >= 15 is 0 Å². The van der Waals surface area contributed by atoms with Crippen LogP contribution in [0.1, 0.15) is 0 Å². The highest BCUT2D eigenvalue weighted by Crippen LogP contribution is 2.44. The fourth-order valence-electron chi connectivity index (χ4n) is 8.08. The first-order valence-corrected chi connectivity index (χ1v) is 16.1. The standard InChI is InChI=1S/C43H26N4/c1-3-13-27(14-4-1)45-36-21-11-8-18-30(36)42-38(45)24-23-31-41(42)33-26-39-32(25-40(33)47-37-22-12-9-19-34(37)44-43(31)47)29-17-7-10-20-35(29)46(39)28-15-5-2-6-16-28/h1-26H. The first-order valence-electron chi connectivity index (χ1n) is 16.1. The van der Waals surface area contributed by atoms with Gasteiger partial charge in [0.1, 0.15) is 5.65 Å². The zero-order chi connectivity index (χ0) is 30.6. The van der Waals surface area contributed by atoms with Crippen LogP contribution in [-0.4, -0.2) is 18.5 Å². The minimum absolute atomic E-state index is 0.985. The number of hydrogen-bond donors (Lipinski definition) is 0. The van der Waals surface area contributed by atoms with Crippen molar-refractivity contribution < 1.29 is 0 Å². The van der Waals surface area contributed by atoms with Crippen molar-refractivity contribution in [2.75, 3.05) is 0 Å². The molecule has 11 rings (SSSR count). The molecule has 0 radical (unpaired) electrons. The Labute approximate surface area is 268 Å². The normalized spacial score (nSPS) is 12.3. The predicted molar refractivity (Wildman–Crippen MR) is 196 cm³/mol. The molecule has 7 aromatic carbocycles. The number of fused-ring (bicyclic) bond motifs is 15. The topological polar surface area (TPSA) is 27.2 Å². The molecule has 4 heteroatoms. The highest BCUT2D eigenvalue weighted by Gasteiger charge is 2.22. The maximum atomic E-state index is 5.29. The minimum Gasteiger partial charge on any atom is -0.309 e. The fraction of sp³-hybridized carbons (Fsp3) is 0. The lowest BCUT2D eigenvalue weighted by Crippen LogP contribution is -1.96. The van der Waals surface area contributed by atoms with Crippen LogP contribution < -0.4 is 0 Å². The summed E-state index contributed by atoms with van der Waals surface area (Å²) in [7, 11) is 0. The largest absolute Gasteiger partial charge is 0.309 e. The highest BCUT2D eigenvalue weighted by molar-refractivity contribution is 6.32. The molecule has 0 N–H and O–H groups in total. The lowest BCUT2D eigenvalue weighted by Gasteiger charge is -2.13. The molecule has 4 nitrogen and oxygen atoms in total. The van der Waals surface area contributed by atoms with Crippen LogP contribution in [0.3, 0.4) is 0 Å². The van der Waals surface area contributed by atoms with Gasteiger partial charge in [0.15, 0.2) is 0 Å². The van der Waals surface area contributed by atoms with Crippen molar-refractivity contribution in [2.24, 2.45) is 0 Å². The molecule has 0 unspecified atom stereocenters. The van der Waals surface area contributed by atoms with Crippen molar-refractivity contribution >= 4 is 82.0 Å². The van der Waals surface area contributed by atoms with Gasteiger partial charge in [-0.15, -0.1) is 0 Å². The Hall–Kier alpha value is -6.39. The summed E-state index contributed by atoms with van der Waals surface area (Å²) in [6.07, 6.45) is 0. The Bertz CT molecular complexity index is 3050. The number of pyridine rings is 1. The number of nitrogens with zero attached hydrogens (tertiary/aromatic N) is 4. The molecular formula is C43H26N4. The molecule has 4 heterocycles. The second-order valence-electron chi connectivity index (χ2n) is 12.4.